The Bertz CT molecular complexity index is 651. The fourth-order valence-electron chi connectivity index (χ4n) is 2.27. The largest absolute Gasteiger partial charge is 0.488 e. The highest BCUT2D eigenvalue weighted by Crippen LogP contribution is 2.26. The van der Waals surface area contributed by atoms with Crippen molar-refractivity contribution in [1.29, 1.82) is 5.26 Å². The van der Waals surface area contributed by atoms with Crippen molar-refractivity contribution >= 4 is 5.82 Å². The van der Waals surface area contributed by atoms with Crippen LogP contribution in [0.5, 0.6) is 5.75 Å². The monoisotopic (exact) mass is 281 g/mol. The number of benzene rings is 1. The van der Waals surface area contributed by atoms with Gasteiger partial charge in [0.25, 0.3) is 0 Å². The topological polar surface area (TPSA) is 57.9 Å². The molecule has 0 saturated heterocycles. The van der Waals surface area contributed by atoms with Crippen LogP contribution in [0.4, 0.5) is 5.82 Å². The second-order valence-electron chi connectivity index (χ2n) is 4.88. The van der Waals surface area contributed by atoms with E-state index >= 15 is 0 Å². The van der Waals surface area contributed by atoms with E-state index in [9.17, 15) is 0 Å². The third-order valence-corrected chi connectivity index (χ3v) is 3.20. The summed E-state index contributed by atoms with van der Waals surface area (Å²) in [4.78, 5) is 4.32. The van der Waals surface area contributed by atoms with Gasteiger partial charge in [0.2, 0.25) is 0 Å². The van der Waals surface area contributed by atoms with E-state index in [4.69, 9.17) is 10.00 Å². The van der Waals surface area contributed by atoms with Gasteiger partial charge in [-0.05, 0) is 50.1 Å². The van der Waals surface area contributed by atoms with Crippen molar-refractivity contribution in [1.82, 2.24) is 4.98 Å². The number of pyridine rings is 1. The van der Waals surface area contributed by atoms with Crippen LogP contribution in [-0.4, -0.2) is 11.5 Å². The fraction of sp³-hybridized carbons (Fsp3) is 0.294. The average molecular weight is 281 g/mol. The number of hydrogen-bond acceptors (Lipinski definition) is 4. The van der Waals surface area contributed by atoms with Crippen molar-refractivity contribution in [3.05, 3.63) is 52.7 Å². The third-order valence-electron chi connectivity index (χ3n) is 3.20. The summed E-state index contributed by atoms with van der Waals surface area (Å²) in [7, 11) is 0. The summed E-state index contributed by atoms with van der Waals surface area (Å²) in [5, 5.41) is 12.2. The van der Waals surface area contributed by atoms with Crippen LogP contribution in [0.25, 0.3) is 0 Å². The maximum atomic E-state index is 8.97. The number of nitrogens with one attached hydrogen (secondary N) is 1. The van der Waals surface area contributed by atoms with Gasteiger partial charge in [-0.25, -0.2) is 4.98 Å². The smallest absolute Gasteiger partial charge is 0.132 e. The Balaban J connectivity index is 2.19. The zero-order chi connectivity index (χ0) is 15.2. The fourth-order valence-corrected chi connectivity index (χ4v) is 2.27. The van der Waals surface area contributed by atoms with Crippen LogP contribution in [0, 0.1) is 25.2 Å². The molecular weight excluding hydrogens is 262 g/mol. The van der Waals surface area contributed by atoms with Gasteiger partial charge in [0.15, 0.2) is 0 Å². The molecule has 0 amide bonds. The maximum Gasteiger partial charge on any atom is 0.132 e. The minimum Gasteiger partial charge on any atom is -0.488 e. The highest BCUT2D eigenvalue weighted by Gasteiger charge is 2.09. The molecule has 2 rings (SSSR count). The van der Waals surface area contributed by atoms with Crippen LogP contribution in [0.15, 0.2) is 30.5 Å². The van der Waals surface area contributed by atoms with E-state index in [0.717, 1.165) is 34.8 Å². The molecule has 21 heavy (non-hydrogen) atoms. The molecule has 1 N–H and O–H groups in total. The van der Waals surface area contributed by atoms with Crippen LogP contribution in [-0.2, 0) is 6.61 Å². The average Bonchev–Trinajstić information content (AvgIpc) is 2.48. The number of nitrogens with zero attached hydrogens (tertiary/aromatic N) is 2. The molecule has 0 spiro atoms. The van der Waals surface area contributed by atoms with Crippen LogP contribution < -0.4 is 10.1 Å². The van der Waals surface area contributed by atoms with Gasteiger partial charge in [-0.1, -0.05) is 6.07 Å². The molecule has 0 bridgehead atoms. The van der Waals surface area contributed by atoms with Crippen molar-refractivity contribution in [3.63, 3.8) is 0 Å². The Morgan fingerprint density at radius 1 is 1.29 bits per heavy atom. The Kier molecular flexibility index (Phi) is 4.78. The van der Waals surface area contributed by atoms with Crippen molar-refractivity contribution in [2.45, 2.75) is 27.4 Å². The van der Waals surface area contributed by atoms with Crippen LogP contribution in [0.1, 0.15) is 29.2 Å². The summed E-state index contributed by atoms with van der Waals surface area (Å²) in [5.74, 6) is 1.68. The third kappa shape index (κ3) is 3.51. The number of nitriles is 1. The molecule has 0 fully saturated rings. The molecule has 0 aliphatic carbocycles. The van der Waals surface area contributed by atoms with E-state index in [2.05, 4.69) is 16.4 Å². The quantitative estimate of drug-likeness (QED) is 0.910. The summed E-state index contributed by atoms with van der Waals surface area (Å²) in [5.41, 5.74) is 3.62. The molecule has 0 unspecified atom stereocenters. The number of aromatic nitrogens is 1. The first-order chi connectivity index (χ1) is 10.2. The number of anilines is 1. The molecule has 0 aliphatic heterocycles. The first-order valence-corrected chi connectivity index (χ1v) is 6.97. The highest BCUT2D eigenvalue weighted by molar-refractivity contribution is 5.48. The Labute approximate surface area is 125 Å². The molecule has 2 aromatic rings. The molecule has 108 valence electrons. The Hall–Kier alpha value is -2.54. The normalized spacial score (nSPS) is 10.0. The maximum absolute atomic E-state index is 8.97. The minimum absolute atomic E-state index is 0.448. The van der Waals surface area contributed by atoms with E-state index in [1.54, 1.807) is 6.20 Å². The van der Waals surface area contributed by atoms with E-state index in [1.807, 2.05) is 45.0 Å². The molecule has 4 heteroatoms. The van der Waals surface area contributed by atoms with Gasteiger partial charge in [-0.3, -0.25) is 0 Å². The Morgan fingerprint density at radius 3 is 2.62 bits per heavy atom. The summed E-state index contributed by atoms with van der Waals surface area (Å²) in [6.07, 6.45) is 1.76. The molecule has 1 aromatic heterocycles. The number of hydrogen-bond donors (Lipinski definition) is 1. The Morgan fingerprint density at radius 2 is 2.00 bits per heavy atom. The molecule has 4 nitrogen and oxygen atoms in total. The van der Waals surface area contributed by atoms with E-state index in [1.165, 1.54) is 0 Å². The van der Waals surface area contributed by atoms with E-state index in [-0.39, 0.29) is 0 Å². The summed E-state index contributed by atoms with van der Waals surface area (Å²) >= 11 is 0. The predicted molar refractivity (Wildman–Crippen MR) is 83.4 cm³/mol. The first-order valence-electron chi connectivity index (χ1n) is 6.97. The number of ether oxygens (including phenoxy) is 1. The van der Waals surface area contributed by atoms with Crippen molar-refractivity contribution < 1.29 is 4.74 Å². The molecule has 0 saturated carbocycles. The van der Waals surface area contributed by atoms with Crippen molar-refractivity contribution in [2.75, 3.05) is 11.9 Å². The highest BCUT2D eigenvalue weighted by atomic mass is 16.5. The van der Waals surface area contributed by atoms with Gasteiger partial charge >= 0.3 is 0 Å². The lowest BCUT2D eigenvalue weighted by atomic mass is 10.1. The lowest BCUT2D eigenvalue weighted by Gasteiger charge is -2.14. The van der Waals surface area contributed by atoms with E-state index < -0.39 is 0 Å². The lowest BCUT2D eigenvalue weighted by molar-refractivity contribution is 0.302. The molecule has 0 atom stereocenters. The summed E-state index contributed by atoms with van der Waals surface area (Å²) in [6.45, 7) is 7.21. The zero-order valence-corrected chi connectivity index (χ0v) is 12.6. The van der Waals surface area contributed by atoms with Crippen LogP contribution >= 0.6 is 0 Å². The van der Waals surface area contributed by atoms with Gasteiger partial charge < -0.3 is 10.1 Å². The summed E-state index contributed by atoms with van der Waals surface area (Å²) in [6, 6.07) is 9.75. The second kappa shape index (κ2) is 6.76. The standard InChI is InChI=1S/C17H19N3O/c1-4-19-17-15(6-5-7-20-17)11-21-16-12(2)8-14(10-18)9-13(16)3/h5-9H,4,11H2,1-3H3,(H,19,20). The van der Waals surface area contributed by atoms with Crippen LogP contribution in [0.2, 0.25) is 0 Å². The van der Waals surface area contributed by atoms with Gasteiger partial charge in [0.05, 0.1) is 11.6 Å². The second-order valence-corrected chi connectivity index (χ2v) is 4.88. The number of aryl methyl sites for hydroxylation is 2. The molecule has 0 radical (unpaired) electrons. The van der Waals surface area contributed by atoms with Crippen LogP contribution in [0.3, 0.4) is 0 Å². The molecular formula is C17H19N3O. The van der Waals surface area contributed by atoms with Gasteiger partial charge in [0.1, 0.15) is 18.2 Å². The van der Waals surface area contributed by atoms with Crippen molar-refractivity contribution in [3.8, 4) is 11.8 Å². The molecule has 0 aliphatic rings. The molecule has 1 aromatic carbocycles. The first kappa shape index (κ1) is 14.9. The predicted octanol–water partition coefficient (Wildman–Crippen LogP) is 3.58. The van der Waals surface area contributed by atoms with E-state index in [0.29, 0.717) is 12.2 Å². The number of rotatable bonds is 5. The lowest BCUT2D eigenvalue weighted by Crippen LogP contribution is -2.06. The summed E-state index contributed by atoms with van der Waals surface area (Å²) < 4.78 is 5.95. The van der Waals surface area contributed by atoms with Crippen molar-refractivity contribution in [2.24, 2.45) is 0 Å². The van der Waals surface area contributed by atoms with Gasteiger partial charge in [0, 0.05) is 18.3 Å². The zero-order valence-electron chi connectivity index (χ0n) is 12.6. The molecule has 1 heterocycles. The van der Waals surface area contributed by atoms with Gasteiger partial charge in [-0.15, -0.1) is 0 Å². The van der Waals surface area contributed by atoms with Gasteiger partial charge in [-0.2, -0.15) is 5.26 Å². The SMILES string of the molecule is CCNc1ncccc1COc1c(C)cc(C#N)cc1C. The minimum atomic E-state index is 0.448.